The predicted molar refractivity (Wildman–Crippen MR) is 48.8 cm³/mol. The molecular formula is C9H8FN3O. The van der Waals surface area contributed by atoms with Crippen LogP contribution in [0.4, 0.5) is 10.1 Å². The first kappa shape index (κ1) is 9.99. The zero-order valence-corrected chi connectivity index (χ0v) is 7.25. The third-order valence-electron chi connectivity index (χ3n) is 1.59. The van der Waals surface area contributed by atoms with E-state index in [9.17, 15) is 9.18 Å². The molecule has 0 heterocycles. The van der Waals surface area contributed by atoms with Crippen molar-refractivity contribution in [2.24, 2.45) is 0 Å². The number of nitrogen functional groups attached to an aromatic ring is 1. The number of nitrogens with one attached hydrogen (secondary N) is 1. The number of nitrogens with zero attached hydrogens (tertiary/aromatic N) is 1. The highest BCUT2D eigenvalue weighted by Crippen LogP contribution is 2.12. The molecule has 0 saturated heterocycles. The predicted octanol–water partition coefficient (Wildman–Crippen LogP) is 0.661. The van der Waals surface area contributed by atoms with Gasteiger partial charge >= 0.3 is 0 Å². The molecule has 4 nitrogen and oxygen atoms in total. The van der Waals surface area contributed by atoms with Crippen LogP contribution in [0.2, 0.25) is 0 Å². The maximum atomic E-state index is 12.6. The second-order valence-corrected chi connectivity index (χ2v) is 2.57. The maximum absolute atomic E-state index is 12.6. The lowest BCUT2D eigenvalue weighted by molar-refractivity contribution is 0.0959. The maximum Gasteiger partial charge on any atom is 0.254 e. The molecule has 5 heteroatoms. The molecule has 1 aromatic carbocycles. The zero-order valence-electron chi connectivity index (χ0n) is 7.25. The average Bonchev–Trinajstić information content (AvgIpc) is 2.14. The Hall–Kier alpha value is -2.09. The van der Waals surface area contributed by atoms with Crippen molar-refractivity contribution in [3.8, 4) is 6.07 Å². The van der Waals surface area contributed by atoms with Crippen LogP contribution < -0.4 is 11.1 Å². The lowest BCUT2D eigenvalue weighted by atomic mass is 10.1. The smallest absolute Gasteiger partial charge is 0.254 e. The van der Waals surface area contributed by atoms with E-state index in [0.717, 1.165) is 12.1 Å². The molecule has 0 aliphatic heterocycles. The van der Waals surface area contributed by atoms with E-state index in [4.69, 9.17) is 11.0 Å². The monoisotopic (exact) mass is 193 g/mol. The molecule has 0 aromatic heterocycles. The Morgan fingerprint density at radius 2 is 2.36 bits per heavy atom. The van der Waals surface area contributed by atoms with Crippen molar-refractivity contribution in [2.75, 3.05) is 12.3 Å². The van der Waals surface area contributed by atoms with E-state index < -0.39 is 11.7 Å². The minimum absolute atomic E-state index is 0.0560. The molecule has 0 saturated carbocycles. The quantitative estimate of drug-likeness (QED) is 0.535. The van der Waals surface area contributed by atoms with Crippen molar-refractivity contribution in [3.63, 3.8) is 0 Å². The fraction of sp³-hybridized carbons (Fsp3) is 0.111. The van der Waals surface area contributed by atoms with Crippen molar-refractivity contribution >= 4 is 11.6 Å². The van der Waals surface area contributed by atoms with Gasteiger partial charge in [0.05, 0.1) is 11.6 Å². The van der Waals surface area contributed by atoms with Gasteiger partial charge in [0.25, 0.3) is 5.91 Å². The molecule has 0 radical (unpaired) electrons. The lowest BCUT2D eigenvalue weighted by Crippen LogP contribution is -2.24. The van der Waals surface area contributed by atoms with Crippen LogP contribution in [0, 0.1) is 17.1 Å². The van der Waals surface area contributed by atoms with Crippen LogP contribution in [0.25, 0.3) is 0 Å². The van der Waals surface area contributed by atoms with Crippen LogP contribution in [-0.4, -0.2) is 12.5 Å². The van der Waals surface area contributed by atoms with Crippen LogP contribution in [0.15, 0.2) is 18.2 Å². The number of nitriles is 1. The van der Waals surface area contributed by atoms with Crippen molar-refractivity contribution < 1.29 is 9.18 Å². The highest BCUT2D eigenvalue weighted by molar-refractivity contribution is 5.99. The van der Waals surface area contributed by atoms with Crippen LogP contribution in [0.3, 0.4) is 0 Å². The third-order valence-corrected chi connectivity index (χ3v) is 1.59. The van der Waals surface area contributed by atoms with Gasteiger partial charge < -0.3 is 11.1 Å². The SMILES string of the molecule is N#CCNC(=O)c1ccc(F)cc1N. The number of halogens is 1. The van der Waals surface area contributed by atoms with Gasteiger partial charge in [0.15, 0.2) is 0 Å². The highest BCUT2D eigenvalue weighted by Gasteiger charge is 2.08. The Morgan fingerprint density at radius 3 is 2.93 bits per heavy atom. The topological polar surface area (TPSA) is 78.9 Å². The van der Waals surface area contributed by atoms with E-state index in [-0.39, 0.29) is 17.8 Å². The molecule has 0 spiro atoms. The molecule has 1 aromatic rings. The first-order valence-electron chi connectivity index (χ1n) is 3.85. The number of carbonyl (C=O) groups excluding carboxylic acids is 1. The van der Waals surface area contributed by atoms with E-state index in [0.29, 0.717) is 0 Å². The fourth-order valence-electron chi connectivity index (χ4n) is 0.955. The summed E-state index contributed by atoms with van der Waals surface area (Å²) in [5.74, 6) is -0.983. The Bertz CT molecular complexity index is 398. The van der Waals surface area contributed by atoms with Gasteiger partial charge in [-0.05, 0) is 18.2 Å². The summed E-state index contributed by atoms with van der Waals surface area (Å²) in [7, 11) is 0. The summed E-state index contributed by atoms with van der Waals surface area (Å²) in [5, 5.41) is 10.5. The van der Waals surface area contributed by atoms with Gasteiger partial charge in [0, 0.05) is 5.69 Å². The van der Waals surface area contributed by atoms with E-state index in [2.05, 4.69) is 5.32 Å². The third kappa shape index (κ3) is 2.20. The van der Waals surface area contributed by atoms with Gasteiger partial charge in [-0.2, -0.15) is 5.26 Å². The summed E-state index contributed by atoms with van der Waals surface area (Å²) < 4.78 is 12.6. The fourth-order valence-corrected chi connectivity index (χ4v) is 0.955. The molecule has 3 N–H and O–H groups in total. The number of carbonyl (C=O) groups is 1. The van der Waals surface area contributed by atoms with Crippen LogP contribution in [0.5, 0.6) is 0 Å². The van der Waals surface area contributed by atoms with E-state index >= 15 is 0 Å². The van der Waals surface area contributed by atoms with Crippen LogP contribution in [-0.2, 0) is 0 Å². The van der Waals surface area contributed by atoms with Crippen molar-refractivity contribution in [1.29, 1.82) is 5.26 Å². The summed E-state index contributed by atoms with van der Waals surface area (Å²) in [6, 6.07) is 5.22. The van der Waals surface area contributed by atoms with Crippen molar-refractivity contribution in [1.82, 2.24) is 5.32 Å². The first-order valence-corrected chi connectivity index (χ1v) is 3.85. The van der Waals surface area contributed by atoms with Gasteiger partial charge in [-0.3, -0.25) is 4.79 Å². The molecule has 0 fully saturated rings. The first-order chi connectivity index (χ1) is 6.65. The number of benzene rings is 1. The molecule has 0 atom stereocenters. The van der Waals surface area contributed by atoms with Gasteiger partial charge in [-0.1, -0.05) is 0 Å². The number of anilines is 1. The highest BCUT2D eigenvalue weighted by atomic mass is 19.1. The molecule has 0 bridgehead atoms. The van der Waals surface area contributed by atoms with Crippen molar-refractivity contribution in [3.05, 3.63) is 29.6 Å². The molecule has 0 unspecified atom stereocenters. The minimum atomic E-state index is -0.501. The lowest BCUT2D eigenvalue weighted by Gasteiger charge is -2.04. The largest absolute Gasteiger partial charge is 0.398 e. The molecule has 0 aliphatic rings. The molecular weight excluding hydrogens is 185 g/mol. The molecule has 1 amide bonds. The number of amides is 1. The summed E-state index contributed by atoms with van der Waals surface area (Å²) in [6.07, 6.45) is 0. The normalized spacial score (nSPS) is 9.14. The van der Waals surface area contributed by atoms with Gasteiger partial charge in [0.1, 0.15) is 12.4 Å². The summed E-state index contributed by atoms with van der Waals surface area (Å²) in [6.45, 7) is -0.102. The number of nitrogens with two attached hydrogens (primary N) is 1. The van der Waals surface area contributed by atoms with Gasteiger partial charge in [0.2, 0.25) is 0 Å². The number of hydrogen-bond acceptors (Lipinski definition) is 3. The van der Waals surface area contributed by atoms with Gasteiger partial charge in [-0.15, -0.1) is 0 Å². The van der Waals surface area contributed by atoms with E-state index in [1.54, 1.807) is 6.07 Å². The van der Waals surface area contributed by atoms with Gasteiger partial charge in [-0.25, -0.2) is 4.39 Å². The Balaban J connectivity index is 2.86. The summed E-state index contributed by atoms with van der Waals surface area (Å²) in [5.41, 5.74) is 5.63. The van der Waals surface area contributed by atoms with Crippen LogP contribution >= 0.6 is 0 Å². The minimum Gasteiger partial charge on any atom is -0.398 e. The Morgan fingerprint density at radius 1 is 1.64 bits per heavy atom. The molecule has 72 valence electrons. The summed E-state index contributed by atoms with van der Waals surface area (Å²) in [4.78, 5) is 11.3. The number of hydrogen-bond donors (Lipinski definition) is 2. The zero-order chi connectivity index (χ0) is 10.6. The Labute approximate surface area is 80.1 Å². The number of rotatable bonds is 2. The molecule has 0 aliphatic carbocycles. The average molecular weight is 193 g/mol. The van der Waals surface area contributed by atoms with Crippen LogP contribution in [0.1, 0.15) is 10.4 Å². The second kappa shape index (κ2) is 4.23. The van der Waals surface area contributed by atoms with E-state index in [1.807, 2.05) is 0 Å². The molecule has 1 rings (SSSR count). The molecule has 14 heavy (non-hydrogen) atoms. The van der Waals surface area contributed by atoms with Crippen molar-refractivity contribution in [2.45, 2.75) is 0 Å². The second-order valence-electron chi connectivity index (χ2n) is 2.57. The Kier molecular flexibility index (Phi) is 3.02. The summed E-state index contributed by atoms with van der Waals surface area (Å²) >= 11 is 0. The standard InChI is InChI=1S/C9H8FN3O/c10-6-1-2-7(8(12)5-6)9(14)13-4-3-11/h1-2,5H,4,12H2,(H,13,14). The van der Waals surface area contributed by atoms with E-state index in [1.165, 1.54) is 6.07 Å².